The molecule has 0 aliphatic heterocycles. The topological polar surface area (TPSA) is 38.7 Å². The highest BCUT2D eigenvalue weighted by Gasteiger charge is 2.08. The minimum absolute atomic E-state index is 0.661. The smallest absolute Gasteiger partial charge is 0.178 e. The molecule has 4 heteroatoms. The van der Waals surface area contributed by atoms with E-state index in [0.717, 1.165) is 39.4 Å². The summed E-state index contributed by atoms with van der Waals surface area (Å²) in [6.45, 7) is 2.01. The van der Waals surface area contributed by atoms with E-state index in [1.54, 1.807) is 0 Å². The maximum Gasteiger partial charge on any atom is 0.178 e. The number of fused-ring (bicyclic) bond motifs is 1. The number of rotatable bonds is 3. The molecule has 3 nitrogen and oxygen atoms in total. The van der Waals surface area contributed by atoms with Gasteiger partial charge in [-0.1, -0.05) is 48.0 Å². The molecule has 2 heterocycles. The van der Waals surface area contributed by atoms with E-state index in [1.165, 1.54) is 5.56 Å². The zero-order chi connectivity index (χ0) is 17.2. The van der Waals surface area contributed by atoms with Gasteiger partial charge in [-0.05, 0) is 42.8 Å². The van der Waals surface area contributed by atoms with Gasteiger partial charge in [-0.2, -0.15) is 0 Å². The van der Waals surface area contributed by atoms with Gasteiger partial charge in [0.2, 0.25) is 0 Å². The molecule has 4 aromatic rings. The Kier molecular flexibility index (Phi) is 4.16. The van der Waals surface area contributed by atoms with Gasteiger partial charge in [-0.25, -0.2) is 15.0 Å². The van der Waals surface area contributed by atoms with Crippen LogP contribution < -0.4 is 0 Å². The van der Waals surface area contributed by atoms with Crippen LogP contribution in [0.3, 0.4) is 0 Å². The molecule has 0 aliphatic carbocycles. The predicted octanol–water partition coefficient (Wildman–Crippen LogP) is 5.24. The summed E-state index contributed by atoms with van der Waals surface area (Å²) in [5.74, 6) is 0.661. The Morgan fingerprint density at radius 1 is 0.800 bits per heavy atom. The fourth-order valence-corrected chi connectivity index (χ4v) is 2.99. The monoisotopic (exact) mass is 345 g/mol. The normalized spacial score (nSPS) is 11.0. The van der Waals surface area contributed by atoms with Crippen LogP contribution >= 0.6 is 11.6 Å². The first-order chi connectivity index (χ1) is 12.2. The molecule has 0 amide bonds. The molecule has 0 fully saturated rings. The Bertz CT molecular complexity index is 1040. The van der Waals surface area contributed by atoms with Crippen molar-refractivity contribution in [3.63, 3.8) is 0 Å². The molecule has 0 aliphatic rings. The molecule has 2 aromatic heterocycles. The van der Waals surface area contributed by atoms with Crippen LogP contribution in [-0.2, 0) is 6.42 Å². The van der Waals surface area contributed by atoms with Crippen molar-refractivity contribution >= 4 is 22.5 Å². The first kappa shape index (κ1) is 15.7. The Labute approximate surface area is 151 Å². The standard InChI is InChI=1S/C21H16ClN3/c1-14-18-6-2-3-7-19(18)25-21(23-14)20-8-4-5-17(24-20)13-15-9-11-16(22)12-10-15/h2-12H,13H2,1H3. The molecule has 0 atom stereocenters. The van der Waals surface area contributed by atoms with Crippen LogP contribution in [0.4, 0.5) is 0 Å². The highest BCUT2D eigenvalue weighted by Crippen LogP contribution is 2.21. The first-order valence-corrected chi connectivity index (χ1v) is 8.51. The molecular weight excluding hydrogens is 330 g/mol. The number of benzene rings is 2. The van der Waals surface area contributed by atoms with Gasteiger partial charge < -0.3 is 0 Å². The van der Waals surface area contributed by atoms with Crippen molar-refractivity contribution in [2.45, 2.75) is 13.3 Å². The van der Waals surface area contributed by atoms with Gasteiger partial charge in [0, 0.05) is 28.2 Å². The van der Waals surface area contributed by atoms with Crippen LogP contribution in [0, 0.1) is 6.92 Å². The molecule has 2 aromatic carbocycles. The van der Waals surface area contributed by atoms with Gasteiger partial charge in [0.25, 0.3) is 0 Å². The first-order valence-electron chi connectivity index (χ1n) is 8.13. The lowest BCUT2D eigenvalue weighted by molar-refractivity contribution is 1.05. The molecule has 0 bridgehead atoms. The summed E-state index contributed by atoms with van der Waals surface area (Å²) in [5.41, 5.74) is 4.85. The van der Waals surface area contributed by atoms with E-state index in [2.05, 4.69) is 9.97 Å². The van der Waals surface area contributed by atoms with E-state index in [1.807, 2.05) is 73.7 Å². The van der Waals surface area contributed by atoms with Gasteiger partial charge in [0.15, 0.2) is 5.82 Å². The van der Waals surface area contributed by atoms with Crippen LogP contribution in [-0.4, -0.2) is 15.0 Å². The van der Waals surface area contributed by atoms with E-state index in [-0.39, 0.29) is 0 Å². The maximum atomic E-state index is 5.95. The molecule has 0 unspecified atom stereocenters. The zero-order valence-electron chi connectivity index (χ0n) is 13.8. The number of aryl methyl sites for hydroxylation is 1. The Morgan fingerprint density at radius 3 is 2.44 bits per heavy atom. The lowest BCUT2D eigenvalue weighted by Crippen LogP contribution is -1.99. The van der Waals surface area contributed by atoms with Gasteiger partial charge in [-0.15, -0.1) is 0 Å². The lowest BCUT2D eigenvalue weighted by atomic mass is 10.1. The summed E-state index contributed by atoms with van der Waals surface area (Å²) in [4.78, 5) is 14.1. The van der Waals surface area contributed by atoms with Gasteiger partial charge in [-0.3, -0.25) is 0 Å². The van der Waals surface area contributed by atoms with Crippen LogP contribution in [0.25, 0.3) is 22.4 Å². The lowest BCUT2D eigenvalue weighted by Gasteiger charge is -2.07. The largest absolute Gasteiger partial charge is 0.249 e. The Morgan fingerprint density at radius 2 is 1.60 bits per heavy atom. The average molecular weight is 346 g/mol. The van der Waals surface area contributed by atoms with Crippen molar-refractivity contribution in [2.24, 2.45) is 0 Å². The number of hydrogen-bond acceptors (Lipinski definition) is 3. The summed E-state index contributed by atoms with van der Waals surface area (Å²) >= 11 is 5.95. The van der Waals surface area contributed by atoms with Crippen LogP contribution in [0.2, 0.25) is 5.02 Å². The fraction of sp³-hybridized carbons (Fsp3) is 0.0952. The van der Waals surface area contributed by atoms with Gasteiger partial charge in [0.1, 0.15) is 5.69 Å². The van der Waals surface area contributed by atoms with Crippen molar-refractivity contribution in [2.75, 3.05) is 0 Å². The van der Waals surface area contributed by atoms with Crippen molar-refractivity contribution in [1.82, 2.24) is 15.0 Å². The minimum Gasteiger partial charge on any atom is -0.249 e. The SMILES string of the molecule is Cc1nc(-c2cccc(Cc3ccc(Cl)cc3)n2)nc2ccccc12. The minimum atomic E-state index is 0.661. The van der Waals surface area contributed by atoms with Crippen LogP contribution in [0.1, 0.15) is 17.0 Å². The second-order valence-corrected chi connectivity index (χ2v) is 6.40. The number of para-hydroxylation sites is 1. The van der Waals surface area contributed by atoms with E-state index >= 15 is 0 Å². The van der Waals surface area contributed by atoms with E-state index in [9.17, 15) is 0 Å². The molecule has 4 rings (SSSR count). The van der Waals surface area contributed by atoms with Crippen LogP contribution in [0.15, 0.2) is 66.7 Å². The van der Waals surface area contributed by atoms with Crippen molar-refractivity contribution in [3.05, 3.63) is 88.7 Å². The highest BCUT2D eigenvalue weighted by molar-refractivity contribution is 6.30. The van der Waals surface area contributed by atoms with E-state index in [4.69, 9.17) is 16.6 Å². The summed E-state index contributed by atoms with van der Waals surface area (Å²) in [6, 6.07) is 21.9. The third kappa shape index (κ3) is 3.37. The molecule has 0 saturated heterocycles. The van der Waals surface area contributed by atoms with E-state index in [0.29, 0.717) is 5.82 Å². The number of aromatic nitrogens is 3. The summed E-state index contributed by atoms with van der Waals surface area (Å²) in [7, 11) is 0. The van der Waals surface area contributed by atoms with Gasteiger partial charge >= 0.3 is 0 Å². The van der Waals surface area contributed by atoms with E-state index < -0.39 is 0 Å². The second kappa shape index (κ2) is 6.61. The predicted molar refractivity (Wildman–Crippen MR) is 102 cm³/mol. The molecule has 0 N–H and O–H groups in total. The number of hydrogen-bond donors (Lipinski definition) is 0. The van der Waals surface area contributed by atoms with Crippen LogP contribution in [0.5, 0.6) is 0 Å². The molecule has 0 radical (unpaired) electrons. The Hall–Kier alpha value is -2.78. The average Bonchev–Trinajstić information content (AvgIpc) is 2.64. The number of nitrogens with zero attached hydrogens (tertiary/aromatic N) is 3. The summed E-state index contributed by atoms with van der Waals surface area (Å²) in [6.07, 6.45) is 0.748. The summed E-state index contributed by atoms with van der Waals surface area (Å²) in [5, 5.41) is 1.81. The van der Waals surface area contributed by atoms with Crippen molar-refractivity contribution in [3.8, 4) is 11.5 Å². The second-order valence-electron chi connectivity index (χ2n) is 5.97. The fourth-order valence-electron chi connectivity index (χ4n) is 2.86. The zero-order valence-corrected chi connectivity index (χ0v) is 14.5. The Balaban J connectivity index is 1.70. The quantitative estimate of drug-likeness (QED) is 0.509. The molecule has 0 spiro atoms. The molecule has 0 saturated carbocycles. The highest BCUT2D eigenvalue weighted by atomic mass is 35.5. The molecular formula is C21H16ClN3. The van der Waals surface area contributed by atoms with Gasteiger partial charge in [0.05, 0.1) is 5.52 Å². The third-order valence-corrected chi connectivity index (χ3v) is 4.38. The van der Waals surface area contributed by atoms with Crippen molar-refractivity contribution < 1.29 is 0 Å². The third-order valence-electron chi connectivity index (χ3n) is 4.13. The van der Waals surface area contributed by atoms with Crippen molar-refractivity contribution in [1.29, 1.82) is 0 Å². The molecule has 25 heavy (non-hydrogen) atoms. The maximum absolute atomic E-state index is 5.95. The number of halogens is 1. The summed E-state index contributed by atoms with van der Waals surface area (Å²) < 4.78 is 0. The number of pyridine rings is 1. The molecule has 122 valence electrons.